The molecular weight excluding hydrogens is 441 g/mol. The Morgan fingerprint density at radius 3 is 2.25 bits per heavy atom. The van der Waals surface area contributed by atoms with Crippen LogP contribution in [0.15, 0.2) is 36.4 Å². The van der Waals surface area contributed by atoms with Gasteiger partial charge in [-0.05, 0) is 85.1 Å². The van der Waals surface area contributed by atoms with Crippen LogP contribution >= 0.6 is 23.2 Å². The average Bonchev–Trinajstić information content (AvgIpc) is 2.70. The smallest absolute Gasteiger partial charge is 0.161 e. The predicted molar refractivity (Wildman–Crippen MR) is 131 cm³/mol. The Kier molecular flexibility index (Phi) is 5.67. The minimum absolute atomic E-state index is 0.284. The van der Waals surface area contributed by atoms with Crippen LogP contribution in [0.1, 0.15) is 63.5 Å². The molecule has 0 aliphatic heterocycles. The van der Waals surface area contributed by atoms with Gasteiger partial charge in [0.05, 0.1) is 7.11 Å². The van der Waals surface area contributed by atoms with E-state index in [0.29, 0.717) is 33.2 Å². The summed E-state index contributed by atoms with van der Waals surface area (Å²) in [4.78, 5) is 0. The standard InChI is InChI=1S/C27H33Cl2NO2/c1-25-10-19-11-26(2,15-25)17-27(12-19,16-25)30-13-18-7-8-23(24(9-18)31-3)32-14-20-21(28)5-4-6-22(20)29/h4-9,19,30H,10-17H2,1-3H3/t19?,25-,26+,27?. The van der Waals surface area contributed by atoms with Gasteiger partial charge in [0, 0.05) is 27.7 Å². The molecule has 6 rings (SSSR count). The Labute approximate surface area is 201 Å². The van der Waals surface area contributed by atoms with E-state index in [1.807, 2.05) is 24.3 Å². The second-order valence-electron chi connectivity index (χ2n) is 11.2. The van der Waals surface area contributed by atoms with E-state index < -0.39 is 0 Å². The molecule has 32 heavy (non-hydrogen) atoms. The lowest BCUT2D eigenvalue weighted by Crippen LogP contribution is -2.63. The van der Waals surface area contributed by atoms with Crippen LogP contribution in [0.25, 0.3) is 0 Å². The Morgan fingerprint density at radius 2 is 1.62 bits per heavy atom. The third-order valence-corrected chi connectivity index (χ3v) is 8.66. The van der Waals surface area contributed by atoms with Gasteiger partial charge in [0.2, 0.25) is 0 Å². The molecule has 4 bridgehead atoms. The van der Waals surface area contributed by atoms with E-state index in [9.17, 15) is 0 Å². The molecule has 4 atom stereocenters. The van der Waals surface area contributed by atoms with Gasteiger partial charge < -0.3 is 14.8 Å². The first kappa shape index (κ1) is 22.4. The van der Waals surface area contributed by atoms with Gasteiger partial charge in [-0.25, -0.2) is 0 Å². The van der Waals surface area contributed by atoms with Crippen LogP contribution in [0.2, 0.25) is 10.0 Å². The highest BCUT2D eigenvalue weighted by molar-refractivity contribution is 6.35. The van der Waals surface area contributed by atoms with Gasteiger partial charge in [-0.3, -0.25) is 0 Å². The van der Waals surface area contributed by atoms with Gasteiger partial charge in [-0.1, -0.05) is 49.2 Å². The first-order chi connectivity index (χ1) is 15.2. The summed E-state index contributed by atoms with van der Waals surface area (Å²) in [5, 5.41) is 5.22. The highest BCUT2D eigenvalue weighted by atomic mass is 35.5. The lowest BCUT2D eigenvalue weighted by molar-refractivity contribution is -0.118. The number of hydrogen-bond acceptors (Lipinski definition) is 3. The third kappa shape index (κ3) is 4.24. The molecule has 2 aromatic carbocycles. The van der Waals surface area contributed by atoms with Crippen molar-refractivity contribution in [2.24, 2.45) is 16.7 Å². The van der Waals surface area contributed by atoms with Crippen LogP contribution in [0, 0.1) is 16.7 Å². The summed E-state index contributed by atoms with van der Waals surface area (Å²) in [6.45, 7) is 6.19. The van der Waals surface area contributed by atoms with E-state index in [0.717, 1.165) is 23.8 Å². The maximum Gasteiger partial charge on any atom is 0.161 e. The van der Waals surface area contributed by atoms with Crippen molar-refractivity contribution in [3.8, 4) is 11.5 Å². The zero-order valence-corrected chi connectivity index (χ0v) is 20.8. The topological polar surface area (TPSA) is 30.5 Å². The molecule has 0 aromatic heterocycles. The summed E-state index contributed by atoms with van der Waals surface area (Å²) in [5.41, 5.74) is 3.31. The molecule has 5 heteroatoms. The molecule has 2 aromatic rings. The first-order valence-corrected chi connectivity index (χ1v) is 12.4. The summed E-state index contributed by atoms with van der Waals surface area (Å²) in [6, 6.07) is 11.7. The third-order valence-electron chi connectivity index (χ3n) is 7.96. The Hall–Kier alpha value is -1.42. The van der Waals surface area contributed by atoms with Crippen LogP contribution in [0.4, 0.5) is 0 Å². The van der Waals surface area contributed by atoms with E-state index in [4.69, 9.17) is 32.7 Å². The van der Waals surface area contributed by atoms with E-state index in [1.165, 1.54) is 44.1 Å². The summed E-state index contributed by atoms with van der Waals surface area (Å²) < 4.78 is 11.7. The number of benzene rings is 2. The zero-order chi connectivity index (χ0) is 22.6. The van der Waals surface area contributed by atoms with Gasteiger partial charge >= 0.3 is 0 Å². The van der Waals surface area contributed by atoms with Crippen molar-refractivity contribution in [2.75, 3.05) is 7.11 Å². The molecule has 0 radical (unpaired) electrons. The molecule has 0 spiro atoms. The maximum atomic E-state index is 6.28. The maximum absolute atomic E-state index is 6.28. The lowest BCUT2D eigenvalue weighted by atomic mass is 9.43. The van der Waals surface area contributed by atoms with Gasteiger partial charge in [-0.2, -0.15) is 0 Å². The molecule has 2 unspecified atom stereocenters. The van der Waals surface area contributed by atoms with Crippen LogP contribution < -0.4 is 14.8 Å². The number of hydrogen-bond donors (Lipinski definition) is 1. The second-order valence-corrected chi connectivity index (χ2v) is 12.1. The van der Waals surface area contributed by atoms with Gasteiger partial charge in [0.25, 0.3) is 0 Å². The SMILES string of the molecule is COc1cc(CNC23CC4C[C@@](C)(C2)C[C@](C)(C4)C3)ccc1OCc1c(Cl)cccc1Cl. The monoisotopic (exact) mass is 473 g/mol. The first-order valence-electron chi connectivity index (χ1n) is 11.7. The van der Waals surface area contributed by atoms with Crippen molar-refractivity contribution in [2.45, 2.75) is 71.1 Å². The number of nitrogens with one attached hydrogen (secondary N) is 1. The Morgan fingerprint density at radius 1 is 0.938 bits per heavy atom. The normalized spacial score (nSPS) is 32.8. The van der Waals surface area contributed by atoms with Crippen LogP contribution in [-0.2, 0) is 13.2 Å². The lowest BCUT2D eigenvalue weighted by Gasteiger charge is -2.65. The summed E-state index contributed by atoms with van der Waals surface area (Å²) >= 11 is 12.6. The number of rotatable bonds is 7. The fraction of sp³-hybridized carbons (Fsp3) is 0.556. The summed E-state index contributed by atoms with van der Waals surface area (Å²) in [6.07, 6.45) is 8.18. The van der Waals surface area contributed by atoms with E-state index in [-0.39, 0.29) is 5.54 Å². The molecule has 4 saturated carbocycles. The van der Waals surface area contributed by atoms with Gasteiger partial charge in [-0.15, -0.1) is 0 Å². The van der Waals surface area contributed by atoms with Gasteiger partial charge in [0.15, 0.2) is 11.5 Å². The predicted octanol–water partition coefficient (Wildman–Crippen LogP) is 7.42. The van der Waals surface area contributed by atoms with E-state index >= 15 is 0 Å². The molecule has 4 aliphatic carbocycles. The second kappa shape index (κ2) is 8.11. The van der Waals surface area contributed by atoms with Gasteiger partial charge in [0.1, 0.15) is 6.61 Å². The average molecular weight is 474 g/mol. The zero-order valence-electron chi connectivity index (χ0n) is 19.3. The number of halogens is 2. The van der Waals surface area contributed by atoms with Crippen molar-refractivity contribution in [1.29, 1.82) is 0 Å². The van der Waals surface area contributed by atoms with Crippen molar-refractivity contribution in [3.63, 3.8) is 0 Å². The van der Waals surface area contributed by atoms with Crippen molar-refractivity contribution in [3.05, 3.63) is 57.6 Å². The quantitative estimate of drug-likeness (QED) is 0.453. The highest BCUT2D eigenvalue weighted by Crippen LogP contribution is 2.66. The largest absolute Gasteiger partial charge is 0.493 e. The molecule has 4 fully saturated rings. The van der Waals surface area contributed by atoms with Crippen molar-refractivity contribution < 1.29 is 9.47 Å². The molecule has 4 aliphatic rings. The van der Waals surface area contributed by atoms with E-state index in [1.54, 1.807) is 7.11 Å². The molecule has 3 nitrogen and oxygen atoms in total. The molecule has 1 N–H and O–H groups in total. The minimum atomic E-state index is 0.284. The molecule has 0 heterocycles. The van der Waals surface area contributed by atoms with Crippen LogP contribution in [0.5, 0.6) is 11.5 Å². The molecule has 0 amide bonds. The van der Waals surface area contributed by atoms with Crippen LogP contribution in [0.3, 0.4) is 0 Å². The summed E-state index contributed by atoms with van der Waals surface area (Å²) in [5.74, 6) is 2.31. The van der Waals surface area contributed by atoms with E-state index in [2.05, 4.69) is 31.3 Å². The number of methoxy groups -OCH3 is 1. The fourth-order valence-corrected chi connectivity index (χ4v) is 8.20. The molecule has 0 saturated heterocycles. The Balaban J connectivity index is 1.28. The molecule has 172 valence electrons. The summed E-state index contributed by atoms with van der Waals surface area (Å²) in [7, 11) is 1.68. The minimum Gasteiger partial charge on any atom is -0.493 e. The molecular formula is C27H33Cl2NO2. The number of ether oxygens (including phenoxy) is 2. The highest BCUT2D eigenvalue weighted by Gasteiger charge is 2.59. The van der Waals surface area contributed by atoms with Crippen LogP contribution in [-0.4, -0.2) is 12.6 Å². The van der Waals surface area contributed by atoms with Crippen molar-refractivity contribution in [1.82, 2.24) is 5.32 Å². The fourth-order valence-electron chi connectivity index (χ4n) is 7.70. The Bertz CT molecular complexity index is 984. The van der Waals surface area contributed by atoms with Crippen molar-refractivity contribution >= 4 is 23.2 Å².